The number of hydrogen-bond donors (Lipinski definition) is 2. The topological polar surface area (TPSA) is 37.2 Å². The molecule has 3 rings (SSSR count). The molecule has 1 atom stereocenters. The molecule has 2 aromatic rings. The van der Waals surface area contributed by atoms with E-state index < -0.39 is 0 Å². The number of furan rings is 1. The molecule has 3 heteroatoms. The zero-order valence-electron chi connectivity index (χ0n) is 11.3. The van der Waals surface area contributed by atoms with Crippen LogP contribution < -0.4 is 10.6 Å². The van der Waals surface area contributed by atoms with Crippen LogP contribution in [0.15, 0.2) is 40.8 Å². The Labute approximate surface area is 114 Å². The van der Waals surface area contributed by atoms with Crippen LogP contribution in [0.5, 0.6) is 0 Å². The fourth-order valence-corrected chi connectivity index (χ4v) is 2.62. The molecule has 0 aliphatic carbocycles. The number of rotatable bonds is 4. The second kappa shape index (κ2) is 5.59. The highest BCUT2D eigenvalue weighted by atomic mass is 16.3. The lowest BCUT2D eigenvalue weighted by Crippen LogP contribution is -2.42. The quantitative estimate of drug-likeness (QED) is 0.882. The number of aryl methyl sites for hydroxylation is 1. The predicted octanol–water partition coefficient (Wildman–Crippen LogP) is 2.39. The summed E-state index contributed by atoms with van der Waals surface area (Å²) in [5.74, 6) is 1.98. The molecule has 1 unspecified atom stereocenters. The predicted molar refractivity (Wildman–Crippen MR) is 75.9 cm³/mol. The molecule has 2 N–H and O–H groups in total. The minimum atomic E-state index is 0.506. The van der Waals surface area contributed by atoms with Crippen molar-refractivity contribution in [3.05, 3.63) is 59.0 Å². The first-order valence-corrected chi connectivity index (χ1v) is 6.87. The first-order chi connectivity index (χ1) is 9.31. The number of nitrogens with one attached hydrogen (secondary N) is 2. The van der Waals surface area contributed by atoms with E-state index in [1.54, 1.807) is 0 Å². The second-order valence-corrected chi connectivity index (χ2v) is 5.19. The lowest BCUT2D eigenvalue weighted by atomic mass is 9.96. The van der Waals surface area contributed by atoms with Crippen LogP contribution in [0.3, 0.4) is 0 Å². The zero-order valence-corrected chi connectivity index (χ0v) is 11.3. The standard InChI is InChI=1S/C16H20N2O/c1-12-6-7-16(19-12)11-17-10-15-8-13-4-2-3-5-14(13)9-18-15/h2-7,15,17-18H,8-11H2,1H3. The van der Waals surface area contributed by atoms with Gasteiger partial charge in [0.2, 0.25) is 0 Å². The van der Waals surface area contributed by atoms with Crippen molar-refractivity contribution >= 4 is 0 Å². The fourth-order valence-electron chi connectivity index (χ4n) is 2.62. The van der Waals surface area contributed by atoms with Crippen molar-refractivity contribution in [1.82, 2.24) is 10.6 Å². The smallest absolute Gasteiger partial charge is 0.117 e. The first-order valence-electron chi connectivity index (χ1n) is 6.87. The molecule has 100 valence electrons. The molecule has 0 spiro atoms. The molecule has 1 aromatic heterocycles. The van der Waals surface area contributed by atoms with Gasteiger partial charge in [-0.05, 0) is 36.6 Å². The third-order valence-electron chi connectivity index (χ3n) is 3.65. The third-order valence-corrected chi connectivity index (χ3v) is 3.65. The van der Waals surface area contributed by atoms with E-state index in [-0.39, 0.29) is 0 Å². The average molecular weight is 256 g/mol. The number of fused-ring (bicyclic) bond motifs is 1. The highest BCUT2D eigenvalue weighted by Gasteiger charge is 2.16. The van der Waals surface area contributed by atoms with Crippen molar-refractivity contribution in [3.63, 3.8) is 0 Å². The van der Waals surface area contributed by atoms with Gasteiger partial charge >= 0.3 is 0 Å². The van der Waals surface area contributed by atoms with E-state index in [4.69, 9.17) is 4.42 Å². The molecule has 0 bridgehead atoms. The average Bonchev–Trinajstić information content (AvgIpc) is 2.84. The Morgan fingerprint density at radius 2 is 2.05 bits per heavy atom. The van der Waals surface area contributed by atoms with Crippen LogP contribution >= 0.6 is 0 Å². The van der Waals surface area contributed by atoms with Crippen LogP contribution in [0.1, 0.15) is 22.6 Å². The summed E-state index contributed by atoms with van der Waals surface area (Å²) in [6.45, 7) is 4.72. The largest absolute Gasteiger partial charge is 0.465 e. The monoisotopic (exact) mass is 256 g/mol. The maximum Gasteiger partial charge on any atom is 0.117 e. The highest BCUT2D eigenvalue weighted by Crippen LogP contribution is 2.15. The van der Waals surface area contributed by atoms with Crippen LogP contribution in [0.4, 0.5) is 0 Å². The summed E-state index contributed by atoms with van der Waals surface area (Å²) in [5.41, 5.74) is 2.90. The van der Waals surface area contributed by atoms with Crippen LogP contribution in [-0.2, 0) is 19.5 Å². The van der Waals surface area contributed by atoms with Crippen molar-refractivity contribution < 1.29 is 4.42 Å². The maximum atomic E-state index is 5.55. The van der Waals surface area contributed by atoms with Gasteiger partial charge in [-0.2, -0.15) is 0 Å². The molecule has 1 aliphatic heterocycles. The Balaban J connectivity index is 1.50. The van der Waals surface area contributed by atoms with Crippen molar-refractivity contribution in [2.75, 3.05) is 6.54 Å². The van der Waals surface area contributed by atoms with Crippen molar-refractivity contribution in [1.29, 1.82) is 0 Å². The summed E-state index contributed by atoms with van der Waals surface area (Å²) in [6, 6.07) is 13.2. The molecular formula is C16H20N2O. The fraction of sp³-hybridized carbons (Fsp3) is 0.375. The van der Waals surface area contributed by atoms with E-state index in [9.17, 15) is 0 Å². The van der Waals surface area contributed by atoms with Crippen molar-refractivity contribution in [2.45, 2.75) is 32.5 Å². The minimum Gasteiger partial charge on any atom is -0.465 e. The van der Waals surface area contributed by atoms with Gasteiger partial charge in [-0.3, -0.25) is 0 Å². The van der Waals surface area contributed by atoms with Gasteiger partial charge in [-0.1, -0.05) is 24.3 Å². The number of benzene rings is 1. The van der Waals surface area contributed by atoms with Gasteiger partial charge in [0.15, 0.2) is 0 Å². The second-order valence-electron chi connectivity index (χ2n) is 5.19. The normalized spacial score (nSPS) is 18.3. The lowest BCUT2D eigenvalue weighted by Gasteiger charge is -2.26. The maximum absolute atomic E-state index is 5.55. The van der Waals surface area contributed by atoms with Gasteiger partial charge in [0, 0.05) is 19.1 Å². The Morgan fingerprint density at radius 1 is 1.21 bits per heavy atom. The summed E-state index contributed by atoms with van der Waals surface area (Å²) in [7, 11) is 0. The van der Waals surface area contributed by atoms with Crippen LogP contribution in [0.25, 0.3) is 0 Å². The van der Waals surface area contributed by atoms with Crippen LogP contribution in [-0.4, -0.2) is 12.6 Å². The SMILES string of the molecule is Cc1ccc(CNCC2Cc3ccccc3CN2)o1. The van der Waals surface area contributed by atoms with E-state index >= 15 is 0 Å². The van der Waals surface area contributed by atoms with Crippen LogP contribution in [0, 0.1) is 6.92 Å². The molecule has 0 radical (unpaired) electrons. The molecule has 19 heavy (non-hydrogen) atoms. The molecule has 0 fully saturated rings. The molecular weight excluding hydrogens is 236 g/mol. The van der Waals surface area contributed by atoms with Crippen LogP contribution in [0.2, 0.25) is 0 Å². The van der Waals surface area contributed by atoms with E-state index in [0.29, 0.717) is 6.04 Å². The van der Waals surface area contributed by atoms with Gasteiger partial charge in [-0.15, -0.1) is 0 Å². The summed E-state index contributed by atoms with van der Waals surface area (Å²) in [6.07, 6.45) is 1.10. The van der Waals surface area contributed by atoms with Gasteiger partial charge in [-0.25, -0.2) is 0 Å². The van der Waals surface area contributed by atoms with E-state index in [1.165, 1.54) is 11.1 Å². The summed E-state index contributed by atoms with van der Waals surface area (Å²) >= 11 is 0. The Hall–Kier alpha value is -1.58. The van der Waals surface area contributed by atoms with Gasteiger partial charge < -0.3 is 15.1 Å². The first kappa shape index (κ1) is 12.5. The lowest BCUT2D eigenvalue weighted by molar-refractivity contribution is 0.419. The van der Waals surface area contributed by atoms with E-state index in [2.05, 4.69) is 34.9 Å². The van der Waals surface area contributed by atoms with Gasteiger partial charge in [0.05, 0.1) is 6.54 Å². The summed E-state index contributed by atoms with van der Waals surface area (Å²) in [4.78, 5) is 0. The summed E-state index contributed by atoms with van der Waals surface area (Å²) < 4.78 is 5.55. The minimum absolute atomic E-state index is 0.506. The Kier molecular flexibility index (Phi) is 3.67. The van der Waals surface area contributed by atoms with E-state index in [0.717, 1.165) is 37.6 Å². The van der Waals surface area contributed by atoms with Gasteiger partial charge in [0.25, 0.3) is 0 Å². The van der Waals surface area contributed by atoms with Gasteiger partial charge in [0.1, 0.15) is 11.5 Å². The molecule has 2 heterocycles. The van der Waals surface area contributed by atoms with Crippen molar-refractivity contribution in [3.8, 4) is 0 Å². The van der Waals surface area contributed by atoms with E-state index in [1.807, 2.05) is 19.1 Å². The van der Waals surface area contributed by atoms with Crippen molar-refractivity contribution in [2.24, 2.45) is 0 Å². The highest BCUT2D eigenvalue weighted by molar-refractivity contribution is 5.29. The molecule has 0 saturated carbocycles. The zero-order chi connectivity index (χ0) is 13.1. The molecule has 1 aliphatic rings. The third kappa shape index (κ3) is 3.06. The number of hydrogen-bond acceptors (Lipinski definition) is 3. The molecule has 3 nitrogen and oxygen atoms in total. The molecule has 0 saturated heterocycles. The summed E-state index contributed by atoms with van der Waals surface area (Å²) in [5, 5.41) is 7.03. The molecule has 0 amide bonds. The molecule has 1 aromatic carbocycles. The Morgan fingerprint density at radius 3 is 2.84 bits per heavy atom. The Bertz CT molecular complexity index is 547.